The molecule has 1 fully saturated rings. The van der Waals surface area contributed by atoms with E-state index in [-0.39, 0.29) is 17.9 Å². The lowest BCUT2D eigenvalue weighted by Crippen LogP contribution is -2.14. The van der Waals surface area contributed by atoms with E-state index in [2.05, 4.69) is 24.0 Å². The summed E-state index contributed by atoms with van der Waals surface area (Å²) >= 11 is 0. The quantitative estimate of drug-likeness (QED) is 0.452. The van der Waals surface area contributed by atoms with E-state index in [0.29, 0.717) is 6.61 Å². The minimum Gasteiger partial charge on any atom is -0.463 e. The number of hydrogen-bond acceptors (Lipinski definition) is 4. The molecule has 0 spiro atoms. The van der Waals surface area contributed by atoms with Crippen molar-refractivity contribution in [2.24, 2.45) is 0 Å². The predicted octanol–water partition coefficient (Wildman–Crippen LogP) is 2.12. The predicted molar refractivity (Wildman–Crippen MR) is 76.1 cm³/mol. The minimum atomic E-state index is -0.468. The molecule has 0 radical (unpaired) electrons. The van der Waals surface area contributed by atoms with E-state index in [1.165, 1.54) is 17.7 Å². The van der Waals surface area contributed by atoms with Crippen molar-refractivity contribution in [3.05, 3.63) is 48.0 Å². The number of benzene rings is 1. The Balaban J connectivity index is 1.88. The SMILES string of the molecule is CCOC(=O)/C=C/C(=O)[C@@H]1CN1[C@H](C)c1ccccc1. The van der Waals surface area contributed by atoms with Crippen LogP contribution in [0.15, 0.2) is 42.5 Å². The van der Waals surface area contributed by atoms with Gasteiger partial charge in [-0.1, -0.05) is 30.3 Å². The summed E-state index contributed by atoms with van der Waals surface area (Å²) in [4.78, 5) is 25.2. The van der Waals surface area contributed by atoms with Crippen LogP contribution in [0.1, 0.15) is 25.5 Å². The fourth-order valence-electron chi connectivity index (χ4n) is 2.21. The highest BCUT2D eigenvalue weighted by Crippen LogP contribution is 2.32. The number of esters is 1. The average molecular weight is 273 g/mol. The van der Waals surface area contributed by atoms with Crippen LogP contribution in [0.2, 0.25) is 0 Å². The van der Waals surface area contributed by atoms with Crippen LogP contribution in [0.4, 0.5) is 0 Å². The number of carbonyl (C=O) groups is 2. The zero-order valence-electron chi connectivity index (χ0n) is 11.8. The van der Waals surface area contributed by atoms with E-state index in [0.717, 1.165) is 6.54 Å². The molecule has 1 aromatic carbocycles. The molecule has 1 aliphatic heterocycles. The molecule has 3 atom stereocenters. The molecule has 4 heteroatoms. The second-order valence-electron chi connectivity index (χ2n) is 4.79. The van der Waals surface area contributed by atoms with Crippen molar-refractivity contribution in [1.82, 2.24) is 4.90 Å². The highest BCUT2D eigenvalue weighted by molar-refractivity contribution is 6.00. The summed E-state index contributed by atoms with van der Waals surface area (Å²) in [6, 6.07) is 10.2. The van der Waals surface area contributed by atoms with Crippen molar-refractivity contribution < 1.29 is 14.3 Å². The molecule has 1 saturated heterocycles. The number of hydrogen-bond donors (Lipinski definition) is 0. The van der Waals surface area contributed by atoms with Gasteiger partial charge in [-0.2, -0.15) is 0 Å². The lowest BCUT2D eigenvalue weighted by Gasteiger charge is -2.13. The normalized spacial score (nSPS) is 22.5. The Kier molecular flexibility index (Phi) is 4.69. The molecule has 1 aromatic rings. The van der Waals surface area contributed by atoms with E-state index in [1.54, 1.807) is 6.92 Å². The van der Waals surface area contributed by atoms with Crippen molar-refractivity contribution in [3.63, 3.8) is 0 Å². The van der Waals surface area contributed by atoms with Crippen molar-refractivity contribution in [1.29, 1.82) is 0 Å². The molecular weight excluding hydrogens is 254 g/mol. The smallest absolute Gasteiger partial charge is 0.330 e. The van der Waals surface area contributed by atoms with Crippen LogP contribution in [0.3, 0.4) is 0 Å². The van der Waals surface area contributed by atoms with E-state index in [4.69, 9.17) is 4.74 Å². The maximum Gasteiger partial charge on any atom is 0.330 e. The summed E-state index contributed by atoms with van der Waals surface area (Å²) in [7, 11) is 0. The second-order valence-corrected chi connectivity index (χ2v) is 4.79. The van der Waals surface area contributed by atoms with E-state index in [1.807, 2.05) is 18.2 Å². The van der Waals surface area contributed by atoms with Gasteiger partial charge in [0.05, 0.1) is 12.6 Å². The topological polar surface area (TPSA) is 46.4 Å². The van der Waals surface area contributed by atoms with Gasteiger partial charge in [0.15, 0.2) is 5.78 Å². The number of ether oxygens (including phenoxy) is 1. The van der Waals surface area contributed by atoms with Crippen LogP contribution in [0.5, 0.6) is 0 Å². The van der Waals surface area contributed by atoms with Gasteiger partial charge in [0.1, 0.15) is 0 Å². The summed E-state index contributed by atoms with van der Waals surface area (Å²) < 4.78 is 4.74. The van der Waals surface area contributed by atoms with Crippen LogP contribution in [0.25, 0.3) is 0 Å². The van der Waals surface area contributed by atoms with Gasteiger partial charge in [-0.3, -0.25) is 9.69 Å². The largest absolute Gasteiger partial charge is 0.463 e. The van der Waals surface area contributed by atoms with Crippen molar-refractivity contribution in [2.45, 2.75) is 25.9 Å². The molecule has 0 amide bonds. The number of ketones is 1. The lowest BCUT2D eigenvalue weighted by atomic mass is 10.1. The van der Waals surface area contributed by atoms with E-state index in [9.17, 15) is 9.59 Å². The Morgan fingerprint density at radius 2 is 2.05 bits per heavy atom. The molecule has 4 nitrogen and oxygen atoms in total. The third kappa shape index (κ3) is 3.54. The van der Waals surface area contributed by atoms with Gasteiger partial charge in [-0.05, 0) is 25.5 Å². The summed E-state index contributed by atoms with van der Waals surface area (Å²) in [5.41, 5.74) is 1.19. The van der Waals surface area contributed by atoms with Gasteiger partial charge in [0.25, 0.3) is 0 Å². The summed E-state index contributed by atoms with van der Waals surface area (Å²) in [6.07, 6.45) is 2.52. The monoisotopic (exact) mass is 273 g/mol. The molecule has 106 valence electrons. The van der Waals surface area contributed by atoms with Crippen LogP contribution in [-0.4, -0.2) is 35.8 Å². The Morgan fingerprint density at radius 3 is 2.70 bits per heavy atom. The van der Waals surface area contributed by atoms with Gasteiger partial charge >= 0.3 is 5.97 Å². The van der Waals surface area contributed by atoms with Gasteiger partial charge in [-0.25, -0.2) is 4.79 Å². The first kappa shape index (κ1) is 14.5. The average Bonchev–Trinajstić information content (AvgIpc) is 3.26. The van der Waals surface area contributed by atoms with Gasteiger partial charge in [-0.15, -0.1) is 0 Å². The van der Waals surface area contributed by atoms with Gasteiger partial charge in [0, 0.05) is 18.7 Å². The fourth-order valence-corrected chi connectivity index (χ4v) is 2.21. The van der Waals surface area contributed by atoms with Crippen molar-refractivity contribution >= 4 is 11.8 Å². The molecule has 0 N–H and O–H groups in total. The first-order chi connectivity index (χ1) is 9.63. The van der Waals surface area contributed by atoms with Crippen molar-refractivity contribution in [2.75, 3.05) is 13.2 Å². The summed E-state index contributed by atoms with van der Waals surface area (Å²) in [5, 5.41) is 0. The third-order valence-corrected chi connectivity index (χ3v) is 3.43. The molecule has 1 heterocycles. The van der Waals surface area contributed by atoms with Crippen LogP contribution in [0, 0.1) is 0 Å². The maximum absolute atomic E-state index is 11.9. The first-order valence-electron chi connectivity index (χ1n) is 6.83. The van der Waals surface area contributed by atoms with Crippen molar-refractivity contribution in [3.8, 4) is 0 Å². The number of rotatable bonds is 6. The molecule has 0 aromatic heterocycles. The maximum atomic E-state index is 11.9. The van der Waals surface area contributed by atoms with Crippen LogP contribution < -0.4 is 0 Å². The molecule has 0 saturated carbocycles. The number of carbonyl (C=O) groups excluding carboxylic acids is 2. The fraction of sp³-hybridized carbons (Fsp3) is 0.375. The molecule has 0 bridgehead atoms. The molecule has 1 aliphatic rings. The molecule has 0 aliphatic carbocycles. The molecule has 2 rings (SSSR count). The first-order valence-corrected chi connectivity index (χ1v) is 6.83. The highest BCUT2D eigenvalue weighted by Gasteiger charge is 2.42. The van der Waals surface area contributed by atoms with Gasteiger partial charge < -0.3 is 4.74 Å². The Bertz CT molecular complexity index is 510. The number of nitrogens with zero attached hydrogens (tertiary/aromatic N) is 1. The Hall–Kier alpha value is -1.94. The zero-order valence-corrected chi connectivity index (χ0v) is 11.8. The molecule has 1 unspecified atom stereocenters. The molecular formula is C16H19NO3. The summed E-state index contributed by atoms with van der Waals surface area (Å²) in [5.74, 6) is -0.509. The van der Waals surface area contributed by atoms with Crippen LogP contribution >= 0.6 is 0 Å². The summed E-state index contributed by atoms with van der Waals surface area (Å²) in [6.45, 7) is 4.87. The Morgan fingerprint density at radius 1 is 1.35 bits per heavy atom. The third-order valence-electron chi connectivity index (χ3n) is 3.43. The second kappa shape index (κ2) is 6.48. The van der Waals surface area contributed by atoms with Crippen LogP contribution in [-0.2, 0) is 14.3 Å². The highest BCUT2D eigenvalue weighted by atomic mass is 16.5. The van der Waals surface area contributed by atoms with Gasteiger partial charge in [0.2, 0.25) is 0 Å². The minimum absolute atomic E-state index is 0.0409. The zero-order chi connectivity index (χ0) is 14.5. The molecule has 20 heavy (non-hydrogen) atoms. The Labute approximate surface area is 119 Å². The van der Waals surface area contributed by atoms with E-state index < -0.39 is 5.97 Å². The lowest BCUT2D eigenvalue weighted by molar-refractivity contribution is -0.137. The standard InChI is InChI=1S/C16H19NO3/c1-3-20-16(19)10-9-15(18)14-11-17(14)12(2)13-7-5-4-6-8-13/h4-10,12,14H,3,11H2,1-2H3/b10-9+/t12-,14+,17?/m1/s1. The van der Waals surface area contributed by atoms with E-state index >= 15 is 0 Å².